The minimum Gasteiger partial charge on any atom is -0.489 e. The summed E-state index contributed by atoms with van der Waals surface area (Å²) in [5.41, 5.74) is 0.0752. The zero-order valence-corrected chi connectivity index (χ0v) is 22.2. The smallest absolute Gasteiger partial charge is 0.341 e. The van der Waals surface area contributed by atoms with Crippen molar-refractivity contribution in [2.24, 2.45) is 0 Å². The summed E-state index contributed by atoms with van der Waals surface area (Å²) in [6.45, 7) is 0.0853. The molecule has 208 valence electrons. The van der Waals surface area contributed by atoms with Gasteiger partial charge in [0.05, 0.1) is 6.42 Å². The standard InChI is InChI=1S/C33H29NO7/c35-24-34-33(32(38)41-23-27-14-8-3-9-15-27,20-30(36)40-22-26-12-6-2-7-13-26)31(37)28-16-18-29(19-17-28)39-21-25-10-4-1-5-11-25/h1-19,24H,20-23H2,(H,34,35). The van der Waals surface area contributed by atoms with E-state index in [-0.39, 0.29) is 25.2 Å². The van der Waals surface area contributed by atoms with Gasteiger partial charge in [0.15, 0.2) is 5.78 Å². The lowest BCUT2D eigenvalue weighted by Crippen LogP contribution is -2.59. The highest BCUT2D eigenvalue weighted by molar-refractivity contribution is 6.19. The molecule has 1 N–H and O–H groups in total. The van der Waals surface area contributed by atoms with E-state index in [1.807, 2.05) is 42.5 Å². The molecule has 0 fully saturated rings. The summed E-state index contributed by atoms with van der Waals surface area (Å²) in [5, 5.41) is 2.28. The molecule has 0 radical (unpaired) electrons. The number of rotatable bonds is 14. The molecule has 8 heteroatoms. The minimum atomic E-state index is -2.35. The van der Waals surface area contributed by atoms with Gasteiger partial charge < -0.3 is 19.5 Å². The minimum absolute atomic E-state index is 0.0685. The molecule has 0 aliphatic heterocycles. The number of amides is 1. The summed E-state index contributed by atoms with van der Waals surface area (Å²) in [4.78, 5) is 52.0. The molecular weight excluding hydrogens is 522 g/mol. The molecule has 1 unspecified atom stereocenters. The number of ether oxygens (including phenoxy) is 3. The number of Topliss-reactive ketones (excluding diaryl/α,β-unsaturated/α-hetero) is 1. The van der Waals surface area contributed by atoms with Gasteiger partial charge in [-0.2, -0.15) is 0 Å². The molecule has 1 amide bonds. The first kappa shape index (κ1) is 28.8. The van der Waals surface area contributed by atoms with Crippen LogP contribution in [0.3, 0.4) is 0 Å². The Kier molecular flexibility index (Phi) is 9.98. The highest BCUT2D eigenvalue weighted by Gasteiger charge is 2.50. The van der Waals surface area contributed by atoms with Crippen LogP contribution in [0.5, 0.6) is 5.75 Å². The zero-order valence-electron chi connectivity index (χ0n) is 22.2. The van der Waals surface area contributed by atoms with Crippen molar-refractivity contribution in [1.82, 2.24) is 5.32 Å². The molecule has 4 aromatic carbocycles. The fraction of sp³-hybridized carbons (Fsp3) is 0.152. The Bertz CT molecular complexity index is 1440. The number of nitrogens with one attached hydrogen (secondary N) is 1. The number of hydrogen-bond acceptors (Lipinski definition) is 7. The van der Waals surface area contributed by atoms with Gasteiger partial charge in [-0.1, -0.05) is 91.0 Å². The van der Waals surface area contributed by atoms with Crippen LogP contribution in [-0.2, 0) is 43.7 Å². The molecule has 0 aliphatic rings. The van der Waals surface area contributed by atoms with Gasteiger partial charge in [-0.15, -0.1) is 0 Å². The molecule has 0 saturated carbocycles. The maximum absolute atomic E-state index is 13.8. The van der Waals surface area contributed by atoms with Crippen molar-refractivity contribution in [3.8, 4) is 5.75 Å². The van der Waals surface area contributed by atoms with Crippen molar-refractivity contribution in [3.63, 3.8) is 0 Å². The van der Waals surface area contributed by atoms with Crippen molar-refractivity contribution in [2.45, 2.75) is 31.8 Å². The number of carbonyl (C=O) groups is 4. The second kappa shape index (κ2) is 14.2. The first-order valence-electron chi connectivity index (χ1n) is 12.9. The third-order valence-electron chi connectivity index (χ3n) is 6.27. The van der Waals surface area contributed by atoms with Crippen molar-refractivity contribution in [1.29, 1.82) is 0 Å². The lowest BCUT2D eigenvalue weighted by molar-refractivity contribution is -0.158. The van der Waals surface area contributed by atoms with Crippen molar-refractivity contribution < 1.29 is 33.4 Å². The van der Waals surface area contributed by atoms with Crippen molar-refractivity contribution in [2.75, 3.05) is 0 Å². The summed E-state index contributed by atoms with van der Waals surface area (Å²) in [5.74, 6) is -2.28. The number of benzene rings is 4. The Morgan fingerprint density at radius 1 is 0.634 bits per heavy atom. The highest BCUT2D eigenvalue weighted by atomic mass is 16.5. The largest absolute Gasteiger partial charge is 0.489 e. The van der Waals surface area contributed by atoms with E-state index in [1.54, 1.807) is 60.7 Å². The average Bonchev–Trinajstić information content (AvgIpc) is 3.03. The molecule has 4 aromatic rings. The summed E-state index contributed by atoms with van der Waals surface area (Å²) >= 11 is 0. The van der Waals surface area contributed by atoms with E-state index in [0.29, 0.717) is 17.9 Å². The van der Waals surface area contributed by atoms with Gasteiger partial charge in [0.2, 0.25) is 11.9 Å². The van der Waals surface area contributed by atoms with Crippen LogP contribution < -0.4 is 10.1 Å². The molecule has 0 spiro atoms. The molecule has 0 heterocycles. The van der Waals surface area contributed by atoms with Gasteiger partial charge in [-0.3, -0.25) is 14.4 Å². The molecule has 4 rings (SSSR count). The Labute approximate surface area is 237 Å². The Balaban J connectivity index is 1.55. The van der Waals surface area contributed by atoms with Gasteiger partial charge in [-0.05, 0) is 41.0 Å². The fourth-order valence-corrected chi connectivity index (χ4v) is 4.06. The predicted molar refractivity (Wildman–Crippen MR) is 151 cm³/mol. The second-order valence-corrected chi connectivity index (χ2v) is 9.18. The van der Waals surface area contributed by atoms with Gasteiger partial charge in [-0.25, -0.2) is 4.79 Å². The van der Waals surface area contributed by atoms with Gasteiger partial charge in [0, 0.05) is 5.56 Å². The van der Waals surface area contributed by atoms with Gasteiger partial charge in [0.25, 0.3) is 0 Å². The number of ketones is 1. The van der Waals surface area contributed by atoms with Crippen molar-refractivity contribution in [3.05, 3.63) is 138 Å². The first-order chi connectivity index (χ1) is 20.0. The van der Waals surface area contributed by atoms with E-state index in [1.165, 1.54) is 12.1 Å². The molecular formula is C33H29NO7. The third kappa shape index (κ3) is 7.89. The third-order valence-corrected chi connectivity index (χ3v) is 6.27. The topological polar surface area (TPSA) is 108 Å². The average molecular weight is 552 g/mol. The summed E-state index contributed by atoms with van der Waals surface area (Å²) < 4.78 is 16.6. The van der Waals surface area contributed by atoms with E-state index >= 15 is 0 Å². The maximum atomic E-state index is 13.8. The first-order valence-corrected chi connectivity index (χ1v) is 12.9. The van der Waals surface area contributed by atoms with Gasteiger partial charge >= 0.3 is 11.9 Å². The summed E-state index contributed by atoms with van der Waals surface area (Å²) in [6, 6.07) is 33.4. The van der Waals surface area contributed by atoms with E-state index in [2.05, 4.69) is 5.32 Å². The maximum Gasteiger partial charge on any atom is 0.341 e. The lowest BCUT2D eigenvalue weighted by Gasteiger charge is -2.29. The van der Waals surface area contributed by atoms with E-state index in [9.17, 15) is 19.2 Å². The zero-order chi connectivity index (χ0) is 28.9. The molecule has 0 saturated heterocycles. The number of carbonyl (C=O) groups excluding carboxylic acids is 4. The van der Waals surface area contributed by atoms with Crippen LogP contribution in [0.25, 0.3) is 0 Å². The number of hydrogen-bond donors (Lipinski definition) is 1. The van der Waals surface area contributed by atoms with Crippen LogP contribution in [0.4, 0.5) is 0 Å². The van der Waals surface area contributed by atoms with Crippen LogP contribution in [0, 0.1) is 0 Å². The predicted octanol–water partition coefficient (Wildman–Crippen LogP) is 4.81. The Morgan fingerprint density at radius 2 is 1.12 bits per heavy atom. The SMILES string of the molecule is O=CNC(CC(=O)OCc1ccccc1)(C(=O)OCc1ccccc1)C(=O)c1ccc(OCc2ccccc2)cc1. The Morgan fingerprint density at radius 3 is 1.63 bits per heavy atom. The van der Waals surface area contributed by atoms with Crippen molar-refractivity contribution >= 4 is 24.1 Å². The van der Waals surface area contributed by atoms with E-state index in [0.717, 1.165) is 11.1 Å². The monoisotopic (exact) mass is 551 g/mol. The summed E-state index contributed by atoms with van der Waals surface area (Å²) in [7, 11) is 0. The quantitative estimate of drug-likeness (QED) is 0.104. The molecule has 1 atom stereocenters. The van der Waals surface area contributed by atoms with Crippen LogP contribution in [0.15, 0.2) is 115 Å². The number of esters is 2. The molecule has 0 aliphatic carbocycles. The van der Waals surface area contributed by atoms with Crippen LogP contribution >= 0.6 is 0 Å². The molecule has 8 nitrogen and oxygen atoms in total. The normalized spacial score (nSPS) is 11.9. The van der Waals surface area contributed by atoms with E-state index in [4.69, 9.17) is 14.2 Å². The van der Waals surface area contributed by atoms with Crippen LogP contribution in [0.1, 0.15) is 33.5 Å². The fourth-order valence-electron chi connectivity index (χ4n) is 4.06. The lowest BCUT2D eigenvalue weighted by atomic mass is 9.86. The highest BCUT2D eigenvalue weighted by Crippen LogP contribution is 2.24. The van der Waals surface area contributed by atoms with E-state index < -0.39 is 29.7 Å². The molecule has 0 bridgehead atoms. The molecule has 0 aromatic heterocycles. The second-order valence-electron chi connectivity index (χ2n) is 9.18. The van der Waals surface area contributed by atoms with Gasteiger partial charge in [0.1, 0.15) is 25.6 Å². The molecule has 41 heavy (non-hydrogen) atoms. The van der Waals surface area contributed by atoms with Crippen LogP contribution in [0.2, 0.25) is 0 Å². The Hall–Kier alpha value is -5.24. The van der Waals surface area contributed by atoms with Crippen LogP contribution in [-0.4, -0.2) is 29.7 Å². The summed E-state index contributed by atoms with van der Waals surface area (Å²) in [6.07, 6.45) is -0.569.